The molecule has 0 amide bonds. The fourth-order valence-electron chi connectivity index (χ4n) is 2.13. The monoisotopic (exact) mass is 235 g/mol. The lowest BCUT2D eigenvalue weighted by Crippen LogP contribution is -2.28. The van der Waals surface area contributed by atoms with E-state index >= 15 is 0 Å². The zero-order chi connectivity index (χ0) is 12.8. The molecule has 0 spiro atoms. The molecule has 1 aromatic heterocycles. The van der Waals surface area contributed by atoms with Crippen LogP contribution in [0, 0.1) is 6.92 Å². The van der Waals surface area contributed by atoms with Crippen molar-refractivity contribution in [2.24, 2.45) is 0 Å². The van der Waals surface area contributed by atoms with Crippen LogP contribution < -0.4 is 11.1 Å². The van der Waals surface area contributed by atoms with Crippen LogP contribution in [0.4, 0.5) is 5.82 Å². The van der Waals surface area contributed by atoms with Gasteiger partial charge < -0.3 is 11.1 Å². The van der Waals surface area contributed by atoms with Crippen LogP contribution in [0.3, 0.4) is 0 Å². The third-order valence-electron chi connectivity index (χ3n) is 3.07. The summed E-state index contributed by atoms with van der Waals surface area (Å²) >= 11 is 0. The number of hydrogen-bond acceptors (Lipinski definition) is 3. The van der Waals surface area contributed by atoms with Gasteiger partial charge in [0.1, 0.15) is 5.82 Å². The Hall–Kier alpha value is -1.09. The first kappa shape index (κ1) is 14.0. The zero-order valence-corrected chi connectivity index (χ0v) is 11.5. The highest BCUT2D eigenvalue weighted by atomic mass is 14.9. The minimum absolute atomic E-state index is 0.446. The Bertz CT molecular complexity index is 349. The highest BCUT2D eigenvalue weighted by molar-refractivity contribution is 5.42. The molecule has 1 heterocycles. The second-order valence-electron chi connectivity index (χ2n) is 4.98. The number of nitrogens with one attached hydrogen (secondary N) is 1. The van der Waals surface area contributed by atoms with E-state index in [2.05, 4.69) is 44.1 Å². The first-order chi connectivity index (χ1) is 8.04. The van der Waals surface area contributed by atoms with E-state index in [0.717, 1.165) is 13.0 Å². The molecule has 3 heteroatoms. The van der Waals surface area contributed by atoms with Gasteiger partial charge in [0, 0.05) is 12.2 Å². The van der Waals surface area contributed by atoms with E-state index in [1.54, 1.807) is 0 Å². The summed E-state index contributed by atoms with van der Waals surface area (Å²) < 4.78 is 0. The second-order valence-corrected chi connectivity index (χ2v) is 4.98. The molecule has 2 atom stereocenters. The van der Waals surface area contributed by atoms with Gasteiger partial charge in [-0.3, -0.25) is 0 Å². The van der Waals surface area contributed by atoms with E-state index < -0.39 is 0 Å². The van der Waals surface area contributed by atoms with E-state index in [1.807, 2.05) is 6.20 Å². The van der Waals surface area contributed by atoms with Gasteiger partial charge in [0.15, 0.2) is 0 Å². The smallest absolute Gasteiger partial charge is 0.126 e. The summed E-state index contributed by atoms with van der Waals surface area (Å²) in [4.78, 5) is 4.23. The summed E-state index contributed by atoms with van der Waals surface area (Å²) in [7, 11) is 0. The normalized spacial score (nSPS) is 14.6. The highest BCUT2D eigenvalue weighted by Gasteiger charge is 2.13. The van der Waals surface area contributed by atoms with E-state index in [-0.39, 0.29) is 0 Å². The number of rotatable bonds is 6. The minimum atomic E-state index is 0.446. The summed E-state index contributed by atoms with van der Waals surface area (Å²) in [5.74, 6) is 1.12. The average Bonchev–Trinajstić information content (AvgIpc) is 2.29. The molecule has 1 rings (SSSR count). The first-order valence-corrected chi connectivity index (χ1v) is 6.50. The van der Waals surface area contributed by atoms with E-state index in [1.165, 1.54) is 17.5 Å². The fraction of sp³-hybridized carbons (Fsp3) is 0.643. The SMILES string of the molecule is CCCNC(C)CC(C)c1cc(C)cnc1N. The van der Waals surface area contributed by atoms with Crippen molar-refractivity contribution in [3.05, 3.63) is 23.4 Å². The van der Waals surface area contributed by atoms with Crippen molar-refractivity contribution in [2.45, 2.75) is 52.5 Å². The molecule has 0 aliphatic rings. The Morgan fingerprint density at radius 3 is 2.76 bits per heavy atom. The highest BCUT2D eigenvalue weighted by Crippen LogP contribution is 2.25. The van der Waals surface area contributed by atoms with Gasteiger partial charge in [0.2, 0.25) is 0 Å². The van der Waals surface area contributed by atoms with Gasteiger partial charge in [0.05, 0.1) is 0 Å². The van der Waals surface area contributed by atoms with Gasteiger partial charge in [-0.05, 0) is 50.3 Å². The van der Waals surface area contributed by atoms with Crippen LogP contribution in [0.5, 0.6) is 0 Å². The van der Waals surface area contributed by atoms with Crippen LogP contribution in [0.25, 0.3) is 0 Å². The maximum Gasteiger partial charge on any atom is 0.126 e. The number of nitrogens with zero attached hydrogens (tertiary/aromatic N) is 1. The largest absolute Gasteiger partial charge is 0.383 e. The standard InChI is InChI=1S/C14H25N3/c1-5-6-16-12(4)8-11(3)13-7-10(2)9-17-14(13)15/h7,9,11-12,16H,5-6,8H2,1-4H3,(H2,15,17). The summed E-state index contributed by atoms with van der Waals surface area (Å²) in [5.41, 5.74) is 8.29. The number of anilines is 1. The summed E-state index contributed by atoms with van der Waals surface area (Å²) in [6, 6.07) is 2.67. The molecule has 0 aliphatic heterocycles. The molecule has 0 aromatic carbocycles. The van der Waals surface area contributed by atoms with Crippen LogP contribution in [0.2, 0.25) is 0 Å². The predicted octanol–water partition coefficient (Wildman–Crippen LogP) is 2.85. The van der Waals surface area contributed by atoms with Crippen molar-refractivity contribution in [2.75, 3.05) is 12.3 Å². The summed E-state index contributed by atoms with van der Waals surface area (Å²) in [6.45, 7) is 9.77. The summed E-state index contributed by atoms with van der Waals surface area (Å²) in [5, 5.41) is 3.51. The Labute approximate surface area is 105 Å². The predicted molar refractivity (Wildman–Crippen MR) is 74.2 cm³/mol. The Balaban J connectivity index is 2.62. The molecule has 17 heavy (non-hydrogen) atoms. The van der Waals surface area contributed by atoms with Crippen LogP contribution in [-0.4, -0.2) is 17.6 Å². The molecular formula is C14H25N3. The van der Waals surface area contributed by atoms with Crippen molar-refractivity contribution in [3.8, 4) is 0 Å². The minimum Gasteiger partial charge on any atom is -0.383 e. The first-order valence-electron chi connectivity index (χ1n) is 6.50. The van der Waals surface area contributed by atoms with E-state index in [0.29, 0.717) is 17.8 Å². The molecule has 1 aromatic rings. The fourth-order valence-corrected chi connectivity index (χ4v) is 2.13. The molecule has 0 bridgehead atoms. The van der Waals surface area contributed by atoms with Crippen molar-refractivity contribution in [1.82, 2.24) is 10.3 Å². The number of hydrogen-bond donors (Lipinski definition) is 2. The maximum absolute atomic E-state index is 5.93. The van der Waals surface area contributed by atoms with Crippen LogP contribution >= 0.6 is 0 Å². The number of pyridine rings is 1. The molecule has 0 fully saturated rings. The molecule has 96 valence electrons. The number of nitrogens with two attached hydrogens (primary N) is 1. The molecular weight excluding hydrogens is 210 g/mol. The van der Waals surface area contributed by atoms with Crippen LogP contribution in [0.15, 0.2) is 12.3 Å². The summed E-state index contributed by atoms with van der Waals surface area (Å²) in [6.07, 6.45) is 4.09. The lowest BCUT2D eigenvalue weighted by Gasteiger charge is -2.20. The average molecular weight is 235 g/mol. The molecule has 0 radical (unpaired) electrons. The van der Waals surface area contributed by atoms with Gasteiger partial charge in [0.25, 0.3) is 0 Å². The van der Waals surface area contributed by atoms with Crippen molar-refractivity contribution in [1.29, 1.82) is 0 Å². The maximum atomic E-state index is 5.93. The number of aromatic nitrogens is 1. The van der Waals surface area contributed by atoms with Gasteiger partial charge in [-0.15, -0.1) is 0 Å². The molecule has 0 saturated heterocycles. The second kappa shape index (κ2) is 6.60. The number of aryl methyl sites for hydroxylation is 1. The molecule has 0 aliphatic carbocycles. The van der Waals surface area contributed by atoms with Crippen molar-refractivity contribution >= 4 is 5.82 Å². The van der Waals surface area contributed by atoms with Gasteiger partial charge in [-0.25, -0.2) is 4.98 Å². The quantitative estimate of drug-likeness (QED) is 0.797. The number of nitrogen functional groups attached to an aromatic ring is 1. The van der Waals surface area contributed by atoms with Crippen molar-refractivity contribution < 1.29 is 0 Å². The molecule has 3 nitrogen and oxygen atoms in total. The van der Waals surface area contributed by atoms with Crippen LogP contribution in [-0.2, 0) is 0 Å². The lowest BCUT2D eigenvalue weighted by atomic mass is 9.94. The van der Waals surface area contributed by atoms with Crippen LogP contribution in [0.1, 0.15) is 50.7 Å². The van der Waals surface area contributed by atoms with Gasteiger partial charge in [-0.2, -0.15) is 0 Å². The Morgan fingerprint density at radius 1 is 1.41 bits per heavy atom. The topological polar surface area (TPSA) is 50.9 Å². The third kappa shape index (κ3) is 4.35. The Kier molecular flexibility index (Phi) is 5.42. The van der Waals surface area contributed by atoms with Crippen molar-refractivity contribution in [3.63, 3.8) is 0 Å². The van der Waals surface area contributed by atoms with Gasteiger partial charge in [-0.1, -0.05) is 19.9 Å². The lowest BCUT2D eigenvalue weighted by molar-refractivity contribution is 0.479. The van der Waals surface area contributed by atoms with E-state index in [4.69, 9.17) is 5.73 Å². The molecule has 2 unspecified atom stereocenters. The zero-order valence-electron chi connectivity index (χ0n) is 11.5. The Morgan fingerprint density at radius 2 is 2.12 bits per heavy atom. The molecule has 0 saturated carbocycles. The van der Waals surface area contributed by atoms with Gasteiger partial charge >= 0.3 is 0 Å². The molecule has 3 N–H and O–H groups in total. The third-order valence-corrected chi connectivity index (χ3v) is 3.07. The van der Waals surface area contributed by atoms with E-state index in [9.17, 15) is 0 Å².